The van der Waals surface area contributed by atoms with Crippen molar-refractivity contribution >= 4 is 40.1 Å². The molecule has 0 fully saturated rings. The third-order valence-corrected chi connectivity index (χ3v) is 4.28. The summed E-state index contributed by atoms with van der Waals surface area (Å²) in [6.07, 6.45) is 3.91. The van der Waals surface area contributed by atoms with Gasteiger partial charge in [0.1, 0.15) is 16.2 Å². The Morgan fingerprint density at radius 1 is 1.14 bits per heavy atom. The van der Waals surface area contributed by atoms with Crippen molar-refractivity contribution in [3.63, 3.8) is 0 Å². The van der Waals surface area contributed by atoms with Gasteiger partial charge in [-0.3, -0.25) is 9.59 Å². The topological polar surface area (TPSA) is 94.6 Å². The summed E-state index contributed by atoms with van der Waals surface area (Å²) in [5.41, 5.74) is 6.47. The molecular formula is C21H28N2O4S. The maximum absolute atomic E-state index is 12.2. The lowest BCUT2D eigenvalue weighted by Crippen LogP contribution is -2.24. The number of benzene rings is 1. The van der Waals surface area contributed by atoms with Crippen LogP contribution >= 0.6 is 12.2 Å². The Bertz CT molecular complexity index is 852. The number of hydrogen-bond acceptors (Lipinski definition) is 5. The summed E-state index contributed by atoms with van der Waals surface area (Å²) in [5.74, 6) is -0.147. The molecule has 0 unspecified atom stereocenters. The molecule has 152 valence electrons. The zero-order chi connectivity index (χ0) is 20.7. The standard InChI is InChI=1S/C21H28N2O4S/c1-21(2,3)27-18(24)8-6-4-5-7-11-23-20(25)17-12-14-9-10-15(19(22)28)13-16(14)26-17/h9-10,12-13H,4-8,11H2,1-3H3,(H2,22,28)(H,23,25). The first kappa shape index (κ1) is 21.9. The Hall–Kier alpha value is -2.41. The third kappa shape index (κ3) is 6.96. The van der Waals surface area contributed by atoms with Gasteiger partial charge in [-0.15, -0.1) is 0 Å². The Morgan fingerprint density at radius 2 is 1.86 bits per heavy atom. The van der Waals surface area contributed by atoms with Gasteiger partial charge in [0.2, 0.25) is 0 Å². The molecule has 2 aromatic rings. The molecule has 0 aliphatic heterocycles. The van der Waals surface area contributed by atoms with Gasteiger partial charge in [0.05, 0.1) is 0 Å². The van der Waals surface area contributed by atoms with E-state index >= 15 is 0 Å². The normalized spacial score (nSPS) is 11.4. The van der Waals surface area contributed by atoms with Gasteiger partial charge in [-0.1, -0.05) is 37.2 Å². The number of carbonyl (C=O) groups excluding carboxylic acids is 2. The molecule has 1 aromatic carbocycles. The number of rotatable bonds is 9. The van der Waals surface area contributed by atoms with Gasteiger partial charge in [-0.25, -0.2) is 0 Å². The van der Waals surface area contributed by atoms with E-state index in [-0.39, 0.29) is 22.6 Å². The lowest BCUT2D eigenvalue weighted by Gasteiger charge is -2.19. The average Bonchev–Trinajstić information content (AvgIpc) is 3.02. The number of esters is 1. The molecule has 0 spiro atoms. The summed E-state index contributed by atoms with van der Waals surface area (Å²) >= 11 is 4.95. The van der Waals surface area contributed by atoms with E-state index in [0.29, 0.717) is 24.1 Å². The fraction of sp³-hybridized carbons (Fsp3) is 0.476. The number of nitrogens with one attached hydrogen (secondary N) is 1. The highest BCUT2D eigenvalue weighted by Crippen LogP contribution is 2.21. The summed E-state index contributed by atoms with van der Waals surface area (Å²) < 4.78 is 10.9. The van der Waals surface area contributed by atoms with Crippen LogP contribution in [0.2, 0.25) is 0 Å². The highest BCUT2D eigenvalue weighted by atomic mass is 32.1. The zero-order valence-corrected chi connectivity index (χ0v) is 17.5. The fourth-order valence-corrected chi connectivity index (χ4v) is 2.85. The molecule has 0 aliphatic rings. The van der Waals surface area contributed by atoms with Crippen molar-refractivity contribution < 1.29 is 18.7 Å². The van der Waals surface area contributed by atoms with Crippen molar-refractivity contribution in [1.29, 1.82) is 0 Å². The molecule has 7 heteroatoms. The number of furan rings is 1. The van der Waals surface area contributed by atoms with Crippen LogP contribution in [0.5, 0.6) is 0 Å². The van der Waals surface area contributed by atoms with Gasteiger partial charge in [-0.2, -0.15) is 0 Å². The molecule has 0 saturated heterocycles. The Balaban J connectivity index is 1.68. The van der Waals surface area contributed by atoms with Crippen molar-refractivity contribution in [3.8, 4) is 0 Å². The van der Waals surface area contributed by atoms with E-state index in [2.05, 4.69) is 5.32 Å². The highest BCUT2D eigenvalue weighted by molar-refractivity contribution is 7.80. The molecular weight excluding hydrogens is 376 g/mol. The van der Waals surface area contributed by atoms with Crippen molar-refractivity contribution in [3.05, 3.63) is 35.6 Å². The van der Waals surface area contributed by atoms with Crippen molar-refractivity contribution in [1.82, 2.24) is 5.32 Å². The minimum absolute atomic E-state index is 0.163. The van der Waals surface area contributed by atoms with Crippen LogP contribution in [0, 0.1) is 0 Å². The van der Waals surface area contributed by atoms with Crippen LogP contribution < -0.4 is 11.1 Å². The maximum atomic E-state index is 12.2. The molecule has 0 saturated carbocycles. The average molecular weight is 405 g/mol. The molecule has 1 amide bonds. The number of unbranched alkanes of at least 4 members (excludes halogenated alkanes) is 3. The highest BCUT2D eigenvalue weighted by Gasteiger charge is 2.15. The number of thiocarbonyl (C=S) groups is 1. The molecule has 1 heterocycles. The van der Waals surface area contributed by atoms with Crippen LogP contribution in [-0.2, 0) is 9.53 Å². The summed E-state index contributed by atoms with van der Waals surface area (Å²) in [4.78, 5) is 24.1. The van der Waals surface area contributed by atoms with Gasteiger partial charge in [0.15, 0.2) is 5.76 Å². The van der Waals surface area contributed by atoms with Gasteiger partial charge in [0.25, 0.3) is 5.91 Å². The van der Waals surface area contributed by atoms with Crippen LogP contribution in [-0.4, -0.2) is 29.0 Å². The third-order valence-electron chi connectivity index (χ3n) is 4.04. The molecule has 0 radical (unpaired) electrons. The number of amides is 1. The summed E-state index contributed by atoms with van der Waals surface area (Å²) in [7, 11) is 0. The van der Waals surface area contributed by atoms with Gasteiger partial charge in [0, 0.05) is 23.9 Å². The molecule has 2 rings (SSSR count). The molecule has 28 heavy (non-hydrogen) atoms. The molecule has 0 atom stereocenters. The molecule has 6 nitrogen and oxygen atoms in total. The fourth-order valence-electron chi connectivity index (χ4n) is 2.73. The predicted molar refractivity (Wildman–Crippen MR) is 113 cm³/mol. The minimum atomic E-state index is -0.435. The Kier molecular flexibility index (Phi) is 7.57. The number of carbonyl (C=O) groups is 2. The molecule has 3 N–H and O–H groups in total. The van der Waals surface area contributed by atoms with Crippen LogP contribution in [0.3, 0.4) is 0 Å². The van der Waals surface area contributed by atoms with Crippen LogP contribution in [0.15, 0.2) is 28.7 Å². The Labute approximate surface area is 170 Å². The Morgan fingerprint density at radius 3 is 2.54 bits per heavy atom. The zero-order valence-electron chi connectivity index (χ0n) is 16.7. The monoisotopic (exact) mass is 404 g/mol. The molecule has 0 aliphatic carbocycles. The number of fused-ring (bicyclic) bond motifs is 1. The second kappa shape index (κ2) is 9.68. The SMILES string of the molecule is CC(C)(C)OC(=O)CCCCCCNC(=O)c1cc2ccc(C(N)=S)cc2o1. The lowest BCUT2D eigenvalue weighted by atomic mass is 10.1. The second-order valence-corrected chi connectivity index (χ2v) is 8.17. The summed E-state index contributed by atoms with van der Waals surface area (Å²) in [6.45, 7) is 6.14. The molecule has 0 bridgehead atoms. The first-order valence-electron chi connectivity index (χ1n) is 9.49. The maximum Gasteiger partial charge on any atom is 0.306 e. The summed E-state index contributed by atoms with van der Waals surface area (Å²) in [5, 5.41) is 3.68. The van der Waals surface area contributed by atoms with E-state index in [1.807, 2.05) is 26.8 Å². The smallest absolute Gasteiger partial charge is 0.306 e. The van der Waals surface area contributed by atoms with E-state index in [1.54, 1.807) is 18.2 Å². The van der Waals surface area contributed by atoms with E-state index in [9.17, 15) is 9.59 Å². The number of ether oxygens (including phenoxy) is 1. The first-order valence-corrected chi connectivity index (χ1v) is 9.90. The van der Waals surface area contributed by atoms with E-state index in [4.69, 9.17) is 27.1 Å². The quantitative estimate of drug-likeness (QED) is 0.371. The van der Waals surface area contributed by atoms with E-state index < -0.39 is 5.60 Å². The van der Waals surface area contributed by atoms with Crippen LogP contribution in [0.4, 0.5) is 0 Å². The van der Waals surface area contributed by atoms with Crippen molar-refractivity contribution in [2.45, 2.75) is 58.5 Å². The number of nitrogens with two attached hydrogens (primary N) is 1. The molecule has 1 aromatic heterocycles. The van der Waals surface area contributed by atoms with Gasteiger partial charge < -0.3 is 20.2 Å². The van der Waals surface area contributed by atoms with Crippen LogP contribution in [0.25, 0.3) is 11.0 Å². The van der Waals surface area contributed by atoms with Gasteiger partial charge in [-0.05, 0) is 45.7 Å². The van der Waals surface area contributed by atoms with Crippen molar-refractivity contribution in [2.24, 2.45) is 5.73 Å². The van der Waals surface area contributed by atoms with E-state index in [0.717, 1.165) is 31.1 Å². The summed E-state index contributed by atoms with van der Waals surface area (Å²) in [6, 6.07) is 7.07. The second-order valence-electron chi connectivity index (χ2n) is 7.73. The van der Waals surface area contributed by atoms with Crippen molar-refractivity contribution in [2.75, 3.05) is 6.54 Å². The number of hydrogen-bond donors (Lipinski definition) is 2. The predicted octanol–water partition coefficient (Wildman–Crippen LogP) is 4.09. The first-order chi connectivity index (χ1) is 13.2. The van der Waals surface area contributed by atoms with Gasteiger partial charge >= 0.3 is 5.97 Å². The van der Waals surface area contributed by atoms with E-state index in [1.165, 1.54) is 0 Å². The largest absolute Gasteiger partial charge is 0.460 e. The minimum Gasteiger partial charge on any atom is -0.460 e. The van der Waals surface area contributed by atoms with Crippen LogP contribution in [0.1, 0.15) is 69.0 Å². The lowest BCUT2D eigenvalue weighted by molar-refractivity contribution is -0.154.